The zero-order chi connectivity index (χ0) is 15.3. The van der Waals surface area contributed by atoms with Crippen LogP contribution in [0.25, 0.3) is 0 Å². The first-order valence-corrected chi connectivity index (χ1v) is 7.36. The molecular formula is C17H22N2O2. The van der Waals surface area contributed by atoms with Gasteiger partial charge in [-0.3, -0.25) is 4.79 Å². The van der Waals surface area contributed by atoms with E-state index in [1.165, 1.54) is 0 Å². The number of hydrogen-bond acceptors (Lipinski definition) is 3. The van der Waals surface area contributed by atoms with Gasteiger partial charge in [-0.2, -0.15) is 0 Å². The van der Waals surface area contributed by atoms with Crippen LogP contribution in [-0.4, -0.2) is 24.7 Å². The number of nitrogens with one attached hydrogen (secondary N) is 1. The van der Waals surface area contributed by atoms with Crippen molar-refractivity contribution in [3.63, 3.8) is 0 Å². The van der Waals surface area contributed by atoms with Gasteiger partial charge in [-0.1, -0.05) is 18.8 Å². The Balaban J connectivity index is 2.18. The van der Waals surface area contributed by atoms with Crippen molar-refractivity contribution in [3.8, 4) is 11.8 Å². The highest BCUT2D eigenvalue weighted by Crippen LogP contribution is 2.27. The van der Waals surface area contributed by atoms with Crippen molar-refractivity contribution in [3.05, 3.63) is 29.3 Å². The number of amides is 1. The Morgan fingerprint density at radius 2 is 2.33 bits per heavy atom. The standard InChI is InChI=1S/C17H22N2O2/c1-3-14-12-13(6-4-10-18)7-8-15(14)19-16(20)17(2)9-5-11-21-17/h7-8,12H,3,5,9-11,18H2,1-2H3,(H,19,20). The molecule has 4 nitrogen and oxygen atoms in total. The highest BCUT2D eigenvalue weighted by atomic mass is 16.5. The highest BCUT2D eigenvalue weighted by Gasteiger charge is 2.37. The van der Waals surface area contributed by atoms with Gasteiger partial charge >= 0.3 is 0 Å². The van der Waals surface area contributed by atoms with Crippen LogP contribution < -0.4 is 11.1 Å². The van der Waals surface area contributed by atoms with Gasteiger partial charge in [0.2, 0.25) is 0 Å². The third-order valence-corrected chi connectivity index (χ3v) is 3.77. The molecule has 1 unspecified atom stereocenters. The van der Waals surface area contributed by atoms with E-state index in [-0.39, 0.29) is 5.91 Å². The number of benzene rings is 1. The van der Waals surface area contributed by atoms with E-state index in [1.807, 2.05) is 25.1 Å². The number of aryl methyl sites for hydroxylation is 1. The molecule has 0 radical (unpaired) electrons. The lowest BCUT2D eigenvalue weighted by Gasteiger charge is -2.22. The molecular weight excluding hydrogens is 264 g/mol. The fourth-order valence-corrected chi connectivity index (χ4v) is 2.45. The number of rotatable bonds is 3. The van der Waals surface area contributed by atoms with Crippen LogP contribution in [0.2, 0.25) is 0 Å². The molecule has 1 aromatic carbocycles. The lowest BCUT2D eigenvalue weighted by Crippen LogP contribution is -2.39. The van der Waals surface area contributed by atoms with Crippen LogP contribution >= 0.6 is 0 Å². The highest BCUT2D eigenvalue weighted by molar-refractivity contribution is 5.97. The van der Waals surface area contributed by atoms with E-state index in [0.717, 1.165) is 36.1 Å². The molecule has 3 N–H and O–H groups in total. The maximum absolute atomic E-state index is 12.4. The molecule has 0 saturated carbocycles. The second-order valence-electron chi connectivity index (χ2n) is 5.37. The van der Waals surface area contributed by atoms with Crippen LogP contribution in [0.3, 0.4) is 0 Å². The van der Waals surface area contributed by atoms with Crippen LogP contribution in [0.15, 0.2) is 18.2 Å². The second-order valence-corrected chi connectivity index (χ2v) is 5.37. The van der Waals surface area contributed by atoms with Crippen molar-refractivity contribution in [2.75, 3.05) is 18.5 Å². The Labute approximate surface area is 126 Å². The molecule has 1 amide bonds. The summed E-state index contributed by atoms with van der Waals surface area (Å²) in [6.45, 7) is 4.90. The minimum Gasteiger partial charge on any atom is -0.365 e. The molecule has 2 rings (SSSR count). The van der Waals surface area contributed by atoms with Gasteiger partial charge in [-0.05, 0) is 49.9 Å². The van der Waals surface area contributed by atoms with Crippen LogP contribution in [0.4, 0.5) is 5.69 Å². The second kappa shape index (κ2) is 6.75. The maximum atomic E-state index is 12.4. The first-order chi connectivity index (χ1) is 10.1. The topological polar surface area (TPSA) is 64.3 Å². The molecule has 0 bridgehead atoms. The Morgan fingerprint density at radius 1 is 1.52 bits per heavy atom. The predicted octanol–water partition coefficient (Wildman–Crippen LogP) is 2.07. The monoisotopic (exact) mass is 286 g/mol. The molecule has 1 saturated heterocycles. The van der Waals surface area contributed by atoms with E-state index in [1.54, 1.807) is 0 Å². The molecule has 4 heteroatoms. The average molecular weight is 286 g/mol. The van der Waals surface area contributed by atoms with Gasteiger partial charge in [0.25, 0.3) is 5.91 Å². The number of carbonyl (C=O) groups is 1. The average Bonchev–Trinajstić information content (AvgIpc) is 2.94. The Morgan fingerprint density at radius 3 is 2.95 bits per heavy atom. The van der Waals surface area contributed by atoms with Crippen LogP contribution in [0.1, 0.15) is 37.8 Å². The summed E-state index contributed by atoms with van der Waals surface area (Å²) in [5.74, 6) is 5.77. The summed E-state index contributed by atoms with van der Waals surface area (Å²) in [5, 5.41) is 2.99. The van der Waals surface area contributed by atoms with Gasteiger partial charge in [-0.15, -0.1) is 0 Å². The quantitative estimate of drug-likeness (QED) is 0.836. The summed E-state index contributed by atoms with van der Waals surface area (Å²) in [6, 6.07) is 5.79. The zero-order valence-corrected chi connectivity index (χ0v) is 12.7. The van der Waals surface area contributed by atoms with Crippen molar-refractivity contribution in [2.24, 2.45) is 5.73 Å². The minimum atomic E-state index is -0.705. The van der Waals surface area contributed by atoms with Crippen LogP contribution in [0.5, 0.6) is 0 Å². The van der Waals surface area contributed by atoms with E-state index in [0.29, 0.717) is 13.2 Å². The summed E-state index contributed by atoms with van der Waals surface area (Å²) in [6.07, 6.45) is 2.52. The predicted molar refractivity (Wildman–Crippen MR) is 84.0 cm³/mol. The number of carbonyl (C=O) groups excluding carboxylic acids is 1. The van der Waals surface area contributed by atoms with E-state index in [2.05, 4.69) is 24.1 Å². The van der Waals surface area contributed by atoms with Gasteiger partial charge in [-0.25, -0.2) is 0 Å². The van der Waals surface area contributed by atoms with Crippen molar-refractivity contribution in [2.45, 2.75) is 38.7 Å². The van der Waals surface area contributed by atoms with Gasteiger partial charge < -0.3 is 15.8 Å². The lowest BCUT2D eigenvalue weighted by atomic mass is 10.0. The molecule has 0 spiro atoms. The van der Waals surface area contributed by atoms with Gasteiger partial charge in [0.05, 0.1) is 6.54 Å². The third-order valence-electron chi connectivity index (χ3n) is 3.77. The fraction of sp³-hybridized carbons (Fsp3) is 0.471. The Kier molecular flexibility index (Phi) is 5.00. The molecule has 1 fully saturated rings. The molecule has 112 valence electrons. The fourth-order valence-electron chi connectivity index (χ4n) is 2.45. The smallest absolute Gasteiger partial charge is 0.256 e. The van der Waals surface area contributed by atoms with E-state index in [9.17, 15) is 4.79 Å². The normalized spacial score (nSPS) is 20.7. The summed E-state index contributed by atoms with van der Waals surface area (Å²) < 4.78 is 5.58. The van der Waals surface area contributed by atoms with E-state index >= 15 is 0 Å². The summed E-state index contributed by atoms with van der Waals surface area (Å²) in [7, 11) is 0. The number of nitrogens with two attached hydrogens (primary N) is 1. The van der Waals surface area contributed by atoms with E-state index < -0.39 is 5.60 Å². The van der Waals surface area contributed by atoms with Crippen molar-refractivity contribution >= 4 is 11.6 Å². The van der Waals surface area contributed by atoms with Crippen molar-refractivity contribution in [1.82, 2.24) is 0 Å². The molecule has 1 heterocycles. The first-order valence-electron chi connectivity index (χ1n) is 7.36. The number of ether oxygens (including phenoxy) is 1. The SMILES string of the molecule is CCc1cc(C#CCN)ccc1NC(=O)C1(C)CCCO1. The molecule has 1 aliphatic rings. The van der Waals surface area contributed by atoms with Crippen molar-refractivity contribution < 1.29 is 9.53 Å². The molecule has 0 aromatic heterocycles. The molecule has 1 aromatic rings. The summed E-state index contributed by atoms with van der Waals surface area (Å²) in [5.41, 5.74) is 7.49. The molecule has 1 aliphatic heterocycles. The lowest BCUT2D eigenvalue weighted by molar-refractivity contribution is -0.133. The number of hydrogen-bond donors (Lipinski definition) is 2. The van der Waals surface area contributed by atoms with Gasteiger partial charge in [0.15, 0.2) is 0 Å². The van der Waals surface area contributed by atoms with E-state index in [4.69, 9.17) is 10.5 Å². The van der Waals surface area contributed by atoms with Crippen molar-refractivity contribution in [1.29, 1.82) is 0 Å². The molecule has 0 aliphatic carbocycles. The largest absolute Gasteiger partial charge is 0.365 e. The zero-order valence-electron chi connectivity index (χ0n) is 12.7. The molecule has 21 heavy (non-hydrogen) atoms. The summed E-state index contributed by atoms with van der Waals surface area (Å²) >= 11 is 0. The van der Waals surface area contributed by atoms with Crippen LogP contribution in [-0.2, 0) is 16.0 Å². The van der Waals surface area contributed by atoms with Gasteiger partial charge in [0.1, 0.15) is 5.60 Å². The van der Waals surface area contributed by atoms with Gasteiger partial charge in [0, 0.05) is 17.9 Å². The third kappa shape index (κ3) is 3.63. The maximum Gasteiger partial charge on any atom is 0.256 e. The summed E-state index contributed by atoms with van der Waals surface area (Å²) in [4.78, 5) is 12.4. The number of anilines is 1. The van der Waals surface area contributed by atoms with Crippen LogP contribution in [0, 0.1) is 11.8 Å². The molecule has 1 atom stereocenters. The first kappa shape index (κ1) is 15.6. The Bertz CT molecular complexity index is 578. The minimum absolute atomic E-state index is 0.0736. The Hall–Kier alpha value is -1.83.